The van der Waals surface area contributed by atoms with Gasteiger partial charge in [-0.25, -0.2) is 0 Å². The fourth-order valence-electron chi connectivity index (χ4n) is 3.47. The Balaban J connectivity index is 1.34. The van der Waals surface area contributed by atoms with Gasteiger partial charge in [-0.15, -0.1) is 0 Å². The summed E-state index contributed by atoms with van der Waals surface area (Å²) in [6.07, 6.45) is 3.77. The van der Waals surface area contributed by atoms with Crippen molar-refractivity contribution < 1.29 is 19.1 Å². The number of amides is 1. The van der Waals surface area contributed by atoms with Crippen LogP contribution in [0.4, 0.5) is 0 Å². The van der Waals surface area contributed by atoms with Gasteiger partial charge in [-0.1, -0.05) is 36.4 Å². The number of aryl methyl sites for hydroxylation is 2. The first-order valence-electron chi connectivity index (χ1n) is 9.84. The van der Waals surface area contributed by atoms with E-state index in [4.69, 9.17) is 9.47 Å². The van der Waals surface area contributed by atoms with Crippen LogP contribution in [0.5, 0.6) is 5.75 Å². The van der Waals surface area contributed by atoms with Gasteiger partial charge >= 0.3 is 5.97 Å². The normalized spacial score (nSPS) is 15.4. The van der Waals surface area contributed by atoms with Gasteiger partial charge in [-0.05, 0) is 61.4 Å². The zero-order chi connectivity index (χ0) is 19.8. The van der Waals surface area contributed by atoms with Gasteiger partial charge in [-0.3, -0.25) is 9.59 Å². The van der Waals surface area contributed by atoms with Crippen molar-refractivity contribution >= 4 is 11.9 Å². The maximum atomic E-state index is 12.2. The molecule has 0 saturated carbocycles. The standard InChI is InChI=1S/C23H27NO4/c1-17-7-4-10-19(15-17)27-14-6-13-23(26)28-16-22(25)24-21-12-5-9-18-8-2-3-11-20(18)21/h2-4,7-8,10-11,15,21H,5-6,9,12-14,16H2,1H3,(H,24,25)/t21-/m1/s1. The molecule has 0 heterocycles. The van der Waals surface area contributed by atoms with Crippen molar-refractivity contribution in [3.8, 4) is 5.75 Å². The average molecular weight is 381 g/mol. The van der Waals surface area contributed by atoms with Gasteiger partial charge in [0.1, 0.15) is 5.75 Å². The number of fused-ring (bicyclic) bond motifs is 1. The average Bonchev–Trinajstić information content (AvgIpc) is 2.70. The van der Waals surface area contributed by atoms with Crippen LogP contribution in [0.15, 0.2) is 48.5 Å². The summed E-state index contributed by atoms with van der Waals surface area (Å²) < 4.78 is 10.7. The van der Waals surface area contributed by atoms with E-state index in [-0.39, 0.29) is 30.9 Å². The molecular formula is C23H27NO4. The molecule has 0 aliphatic heterocycles. The molecule has 1 N–H and O–H groups in total. The fourth-order valence-corrected chi connectivity index (χ4v) is 3.47. The highest BCUT2D eigenvalue weighted by molar-refractivity contribution is 5.80. The van der Waals surface area contributed by atoms with E-state index in [0.29, 0.717) is 13.0 Å². The summed E-state index contributed by atoms with van der Waals surface area (Å²) in [4.78, 5) is 24.0. The molecular weight excluding hydrogens is 354 g/mol. The molecule has 0 unspecified atom stereocenters. The third kappa shape index (κ3) is 5.84. The molecule has 2 aromatic rings. The summed E-state index contributed by atoms with van der Waals surface area (Å²) >= 11 is 0. The van der Waals surface area contributed by atoms with Crippen LogP contribution in [-0.4, -0.2) is 25.1 Å². The lowest BCUT2D eigenvalue weighted by Crippen LogP contribution is -2.34. The number of hydrogen-bond donors (Lipinski definition) is 1. The molecule has 0 bridgehead atoms. The van der Waals surface area contributed by atoms with Crippen molar-refractivity contribution in [1.29, 1.82) is 0 Å². The van der Waals surface area contributed by atoms with Crippen molar-refractivity contribution in [3.05, 3.63) is 65.2 Å². The maximum Gasteiger partial charge on any atom is 0.306 e. The van der Waals surface area contributed by atoms with Crippen LogP contribution in [0.3, 0.4) is 0 Å². The lowest BCUT2D eigenvalue weighted by Gasteiger charge is -2.26. The van der Waals surface area contributed by atoms with Gasteiger partial charge in [0.2, 0.25) is 0 Å². The predicted octanol–water partition coefficient (Wildman–Crippen LogP) is 3.89. The first-order valence-corrected chi connectivity index (χ1v) is 9.84. The second kappa shape index (κ2) is 9.93. The first-order chi connectivity index (χ1) is 13.6. The molecule has 3 rings (SSSR count). The minimum Gasteiger partial charge on any atom is -0.494 e. The topological polar surface area (TPSA) is 64.6 Å². The summed E-state index contributed by atoms with van der Waals surface area (Å²) in [7, 11) is 0. The van der Waals surface area contributed by atoms with Gasteiger partial charge in [0.15, 0.2) is 6.61 Å². The quantitative estimate of drug-likeness (QED) is 0.557. The van der Waals surface area contributed by atoms with Crippen molar-refractivity contribution in [1.82, 2.24) is 5.32 Å². The Morgan fingerprint density at radius 1 is 1.14 bits per heavy atom. The van der Waals surface area contributed by atoms with Gasteiger partial charge < -0.3 is 14.8 Å². The zero-order valence-corrected chi connectivity index (χ0v) is 16.3. The summed E-state index contributed by atoms with van der Waals surface area (Å²) in [6, 6.07) is 15.9. The second-order valence-corrected chi connectivity index (χ2v) is 7.14. The molecule has 1 aliphatic carbocycles. The van der Waals surface area contributed by atoms with Gasteiger partial charge in [0.25, 0.3) is 5.91 Å². The molecule has 0 aromatic heterocycles. The van der Waals surface area contributed by atoms with Crippen LogP contribution in [0.2, 0.25) is 0 Å². The third-order valence-electron chi connectivity index (χ3n) is 4.85. The van der Waals surface area contributed by atoms with E-state index < -0.39 is 0 Å². The van der Waals surface area contributed by atoms with E-state index in [2.05, 4.69) is 17.4 Å². The Bertz CT molecular complexity index is 818. The molecule has 5 heteroatoms. The van der Waals surface area contributed by atoms with Gasteiger partial charge in [0, 0.05) is 6.42 Å². The number of carbonyl (C=O) groups excluding carboxylic acids is 2. The molecule has 0 fully saturated rings. The number of nitrogens with one attached hydrogen (secondary N) is 1. The molecule has 2 aromatic carbocycles. The van der Waals surface area contributed by atoms with Gasteiger partial charge in [0.05, 0.1) is 12.6 Å². The highest BCUT2D eigenvalue weighted by atomic mass is 16.5. The van der Waals surface area contributed by atoms with E-state index in [1.807, 2.05) is 43.3 Å². The van der Waals surface area contributed by atoms with Crippen LogP contribution in [0.25, 0.3) is 0 Å². The van der Waals surface area contributed by atoms with Crippen LogP contribution in [-0.2, 0) is 20.7 Å². The monoisotopic (exact) mass is 381 g/mol. The Labute approximate surface area is 166 Å². The van der Waals surface area contributed by atoms with E-state index in [1.54, 1.807) is 0 Å². The molecule has 0 spiro atoms. The minimum absolute atomic E-state index is 0.00104. The highest BCUT2D eigenvalue weighted by Crippen LogP contribution is 2.29. The highest BCUT2D eigenvalue weighted by Gasteiger charge is 2.21. The lowest BCUT2D eigenvalue weighted by molar-refractivity contribution is -0.149. The summed E-state index contributed by atoms with van der Waals surface area (Å²) in [6.45, 7) is 2.20. The number of carbonyl (C=O) groups is 2. The fraction of sp³-hybridized carbons (Fsp3) is 0.391. The Morgan fingerprint density at radius 3 is 2.86 bits per heavy atom. The summed E-state index contributed by atoms with van der Waals surface area (Å²) in [5, 5.41) is 2.98. The molecule has 1 atom stereocenters. The van der Waals surface area contributed by atoms with E-state index in [9.17, 15) is 9.59 Å². The smallest absolute Gasteiger partial charge is 0.306 e. The van der Waals surface area contributed by atoms with Crippen LogP contribution >= 0.6 is 0 Å². The molecule has 1 aliphatic rings. The predicted molar refractivity (Wildman–Crippen MR) is 107 cm³/mol. The maximum absolute atomic E-state index is 12.2. The van der Waals surface area contributed by atoms with Crippen molar-refractivity contribution in [2.45, 2.75) is 45.1 Å². The minimum atomic E-state index is -0.382. The number of ether oxygens (including phenoxy) is 2. The van der Waals surface area contributed by atoms with E-state index >= 15 is 0 Å². The number of rotatable bonds is 8. The molecule has 148 valence electrons. The van der Waals surface area contributed by atoms with Crippen molar-refractivity contribution in [2.75, 3.05) is 13.2 Å². The first kappa shape index (κ1) is 19.9. The molecule has 1 amide bonds. The SMILES string of the molecule is Cc1cccc(OCCCC(=O)OCC(=O)N[C@@H]2CCCc3ccccc32)c1. The van der Waals surface area contributed by atoms with Crippen molar-refractivity contribution in [3.63, 3.8) is 0 Å². The Hall–Kier alpha value is -2.82. The molecule has 0 radical (unpaired) electrons. The second-order valence-electron chi connectivity index (χ2n) is 7.14. The Kier molecular flexibility index (Phi) is 7.06. The van der Waals surface area contributed by atoms with Crippen LogP contribution in [0.1, 0.15) is 48.4 Å². The van der Waals surface area contributed by atoms with Crippen molar-refractivity contribution in [2.24, 2.45) is 0 Å². The van der Waals surface area contributed by atoms with Crippen LogP contribution in [0, 0.1) is 6.92 Å². The van der Waals surface area contributed by atoms with E-state index in [0.717, 1.165) is 30.6 Å². The largest absolute Gasteiger partial charge is 0.494 e. The van der Waals surface area contributed by atoms with Crippen LogP contribution < -0.4 is 10.1 Å². The molecule has 28 heavy (non-hydrogen) atoms. The number of benzene rings is 2. The van der Waals surface area contributed by atoms with Gasteiger partial charge in [-0.2, -0.15) is 0 Å². The summed E-state index contributed by atoms with van der Waals surface area (Å²) in [5.74, 6) is 0.151. The van der Waals surface area contributed by atoms with E-state index in [1.165, 1.54) is 11.1 Å². The number of hydrogen-bond acceptors (Lipinski definition) is 4. The molecule has 5 nitrogen and oxygen atoms in total. The lowest BCUT2D eigenvalue weighted by atomic mass is 9.88. The molecule has 0 saturated heterocycles. The zero-order valence-electron chi connectivity index (χ0n) is 16.3. The third-order valence-corrected chi connectivity index (χ3v) is 4.85. The Morgan fingerprint density at radius 2 is 2.00 bits per heavy atom. The summed E-state index contributed by atoms with van der Waals surface area (Å²) in [5.41, 5.74) is 3.58. The number of esters is 1.